The Kier molecular flexibility index (Phi) is 2.69. The highest BCUT2D eigenvalue weighted by Crippen LogP contribution is 2.15. The Morgan fingerprint density at radius 1 is 1.50 bits per heavy atom. The van der Waals surface area contributed by atoms with Gasteiger partial charge >= 0.3 is 0 Å². The van der Waals surface area contributed by atoms with Crippen LogP contribution in [0.3, 0.4) is 0 Å². The molecule has 0 amide bonds. The van der Waals surface area contributed by atoms with Gasteiger partial charge in [-0.2, -0.15) is 0 Å². The topological polar surface area (TPSA) is 9.23 Å². The number of hydrogen-bond donors (Lipinski definition) is 0. The van der Waals surface area contributed by atoms with E-state index in [9.17, 15) is 0 Å². The Bertz CT molecular complexity index is 166. The molecule has 56 valence electrons. The normalized spacial score (nSPS) is 20.6. The molecule has 1 aliphatic rings. The van der Waals surface area contributed by atoms with E-state index >= 15 is 0 Å². The summed E-state index contributed by atoms with van der Waals surface area (Å²) in [5, 5.41) is 0. The minimum Gasteiger partial charge on any atom is -0.377 e. The quantitative estimate of drug-likeness (QED) is 0.540. The van der Waals surface area contributed by atoms with Crippen molar-refractivity contribution in [3.63, 3.8) is 0 Å². The molecule has 0 unspecified atom stereocenters. The fourth-order valence-corrected chi connectivity index (χ4v) is 1.14. The van der Waals surface area contributed by atoms with Crippen molar-refractivity contribution in [2.45, 2.75) is 20.3 Å². The van der Waals surface area contributed by atoms with Gasteiger partial charge in [-0.25, -0.2) is 0 Å². The first-order valence-corrected chi connectivity index (χ1v) is 3.73. The molecule has 0 aromatic heterocycles. The highest BCUT2D eigenvalue weighted by atomic mass is 16.5. The van der Waals surface area contributed by atoms with Crippen LogP contribution in [-0.4, -0.2) is 13.2 Å². The van der Waals surface area contributed by atoms with Crippen LogP contribution in [0.15, 0.2) is 23.3 Å². The molecule has 1 rings (SSSR count). The van der Waals surface area contributed by atoms with E-state index in [1.165, 1.54) is 11.1 Å². The molecule has 1 aliphatic heterocycles. The van der Waals surface area contributed by atoms with Crippen LogP contribution in [0.2, 0.25) is 0 Å². The van der Waals surface area contributed by atoms with Gasteiger partial charge < -0.3 is 4.74 Å². The summed E-state index contributed by atoms with van der Waals surface area (Å²) >= 11 is 0. The van der Waals surface area contributed by atoms with Crippen LogP contribution in [0.25, 0.3) is 0 Å². The van der Waals surface area contributed by atoms with E-state index in [0.29, 0.717) is 0 Å². The van der Waals surface area contributed by atoms with Gasteiger partial charge in [0.05, 0.1) is 13.2 Å². The van der Waals surface area contributed by atoms with E-state index in [4.69, 9.17) is 4.74 Å². The summed E-state index contributed by atoms with van der Waals surface area (Å²) in [6, 6.07) is 0. The first-order valence-electron chi connectivity index (χ1n) is 3.73. The fourth-order valence-electron chi connectivity index (χ4n) is 1.14. The Balaban J connectivity index is 2.68. The highest BCUT2D eigenvalue weighted by molar-refractivity contribution is 5.25. The molecule has 0 saturated carbocycles. The zero-order chi connectivity index (χ0) is 7.40. The fraction of sp³-hybridized carbons (Fsp3) is 0.556. The first kappa shape index (κ1) is 7.55. The lowest BCUT2D eigenvalue weighted by molar-refractivity contribution is 0.148. The molecule has 0 aromatic rings. The van der Waals surface area contributed by atoms with Gasteiger partial charge in [-0.3, -0.25) is 0 Å². The van der Waals surface area contributed by atoms with Crippen molar-refractivity contribution in [1.82, 2.24) is 0 Å². The van der Waals surface area contributed by atoms with Gasteiger partial charge in [0, 0.05) is 0 Å². The molecule has 1 heteroatoms. The molecule has 0 atom stereocenters. The minimum absolute atomic E-state index is 0.819. The maximum atomic E-state index is 5.27. The van der Waals surface area contributed by atoms with Crippen LogP contribution < -0.4 is 0 Å². The number of ether oxygens (including phenoxy) is 1. The Hall–Kier alpha value is -0.560. The first-order chi connectivity index (χ1) is 4.84. The van der Waals surface area contributed by atoms with Crippen molar-refractivity contribution in [3.05, 3.63) is 23.3 Å². The standard InChI is InChI=1S/C9H14O/c1-3-4-9-5-6-10-7-8(9)2/h3-4H,5-7H2,1-2H3/b4-3-. The number of rotatable bonds is 1. The number of hydrogen-bond acceptors (Lipinski definition) is 1. The van der Waals surface area contributed by atoms with Crippen molar-refractivity contribution >= 4 is 0 Å². The zero-order valence-electron chi connectivity index (χ0n) is 6.68. The van der Waals surface area contributed by atoms with Gasteiger partial charge in [0.1, 0.15) is 0 Å². The molecule has 0 aliphatic carbocycles. The van der Waals surface area contributed by atoms with Crippen LogP contribution >= 0.6 is 0 Å². The average molecular weight is 138 g/mol. The molecule has 0 radical (unpaired) electrons. The maximum absolute atomic E-state index is 5.27. The molecule has 10 heavy (non-hydrogen) atoms. The van der Waals surface area contributed by atoms with Crippen LogP contribution in [0.4, 0.5) is 0 Å². The molecular weight excluding hydrogens is 124 g/mol. The monoisotopic (exact) mass is 138 g/mol. The predicted octanol–water partition coefficient (Wildman–Crippen LogP) is 2.30. The Morgan fingerprint density at radius 2 is 2.30 bits per heavy atom. The third kappa shape index (κ3) is 1.71. The highest BCUT2D eigenvalue weighted by Gasteiger charge is 2.04. The molecule has 0 bridgehead atoms. The molecule has 0 N–H and O–H groups in total. The third-order valence-electron chi connectivity index (χ3n) is 1.75. The summed E-state index contributed by atoms with van der Waals surface area (Å²) in [6.07, 6.45) is 5.35. The summed E-state index contributed by atoms with van der Waals surface area (Å²) in [5.41, 5.74) is 2.83. The van der Waals surface area contributed by atoms with E-state index in [2.05, 4.69) is 26.0 Å². The van der Waals surface area contributed by atoms with Crippen LogP contribution in [0.1, 0.15) is 20.3 Å². The minimum atomic E-state index is 0.819. The van der Waals surface area contributed by atoms with E-state index in [1.807, 2.05) is 0 Å². The van der Waals surface area contributed by atoms with Gasteiger partial charge in [-0.05, 0) is 31.4 Å². The molecule has 1 heterocycles. The van der Waals surface area contributed by atoms with Gasteiger partial charge in [-0.15, -0.1) is 0 Å². The van der Waals surface area contributed by atoms with E-state index in [-0.39, 0.29) is 0 Å². The van der Waals surface area contributed by atoms with Crippen molar-refractivity contribution in [2.75, 3.05) is 13.2 Å². The molecule has 0 fully saturated rings. The maximum Gasteiger partial charge on any atom is 0.0679 e. The van der Waals surface area contributed by atoms with E-state index in [1.54, 1.807) is 0 Å². The Morgan fingerprint density at radius 3 is 2.90 bits per heavy atom. The SMILES string of the molecule is C/C=C\C1=C(C)COCC1. The second kappa shape index (κ2) is 3.57. The molecule has 1 nitrogen and oxygen atoms in total. The summed E-state index contributed by atoms with van der Waals surface area (Å²) in [7, 11) is 0. The van der Waals surface area contributed by atoms with Crippen molar-refractivity contribution in [2.24, 2.45) is 0 Å². The van der Waals surface area contributed by atoms with Gasteiger partial charge in [-0.1, -0.05) is 12.2 Å². The van der Waals surface area contributed by atoms with Gasteiger partial charge in [0.25, 0.3) is 0 Å². The largest absolute Gasteiger partial charge is 0.377 e. The Labute approximate surface area is 62.4 Å². The van der Waals surface area contributed by atoms with Crippen LogP contribution in [-0.2, 0) is 4.74 Å². The van der Waals surface area contributed by atoms with Gasteiger partial charge in [0.2, 0.25) is 0 Å². The van der Waals surface area contributed by atoms with Gasteiger partial charge in [0.15, 0.2) is 0 Å². The second-order valence-corrected chi connectivity index (χ2v) is 2.61. The van der Waals surface area contributed by atoms with E-state index in [0.717, 1.165) is 19.6 Å². The van der Waals surface area contributed by atoms with Crippen molar-refractivity contribution in [3.8, 4) is 0 Å². The van der Waals surface area contributed by atoms with Crippen molar-refractivity contribution < 1.29 is 4.74 Å². The third-order valence-corrected chi connectivity index (χ3v) is 1.75. The lowest BCUT2D eigenvalue weighted by atomic mass is 10.1. The van der Waals surface area contributed by atoms with Crippen LogP contribution in [0.5, 0.6) is 0 Å². The van der Waals surface area contributed by atoms with Crippen molar-refractivity contribution in [1.29, 1.82) is 0 Å². The summed E-state index contributed by atoms with van der Waals surface area (Å²) in [4.78, 5) is 0. The summed E-state index contributed by atoms with van der Waals surface area (Å²) in [6.45, 7) is 5.89. The van der Waals surface area contributed by atoms with E-state index < -0.39 is 0 Å². The smallest absolute Gasteiger partial charge is 0.0679 e. The second-order valence-electron chi connectivity index (χ2n) is 2.61. The zero-order valence-corrected chi connectivity index (χ0v) is 6.68. The molecule has 0 spiro atoms. The number of allylic oxidation sites excluding steroid dienone is 2. The summed E-state index contributed by atoms with van der Waals surface area (Å²) in [5.74, 6) is 0. The molecular formula is C9H14O. The van der Waals surface area contributed by atoms with Crippen LogP contribution in [0, 0.1) is 0 Å². The lowest BCUT2D eigenvalue weighted by Crippen LogP contribution is -2.07. The average Bonchev–Trinajstić information content (AvgIpc) is 1.94. The lowest BCUT2D eigenvalue weighted by Gasteiger charge is -2.15. The predicted molar refractivity (Wildman–Crippen MR) is 43.0 cm³/mol. The molecule has 0 aromatic carbocycles. The molecule has 0 saturated heterocycles. The summed E-state index contributed by atoms with van der Waals surface area (Å²) < 4.78 is 5.27.